The maximum absolute atomic E-state index is 11.8. The minimum atomic E-state index is -0.260. The predicted octanol–water partition coefficient (Wildman–Crippen LogP) is 5.49. The zero-order valence-corrected chi connectivity index (χ0v) is 18.1. The molecule has 3 nitrogen and oxygen atoms in total. The van der Waals surface area contributed by atoms with Crippen LogP contribution in [0.5, 0.6) is 0 Å². The Labute approximate surface area is 157 Å². The number of nitrogens with one attached hydrogen (secondary N) is 1. The van der Waals surface area contributed by atoms with Gasteiger partial charge in [0, 0.05) is 36.3 Å². The van der Waals surface area contributed by atoms with E-state index in [0.29, 0.717) is 18.3 Å². The number of hydrogen-bond acceptors (Lipinski definition) is 4. The molecule has 0 unspecified atom stereocenters. The molecule has 0 saturated carbocycles. The Morgan fingerprint density at radius 1 is 0.833 bits per heavy atom. The lowest BCUT2D eigenvalue weighted by molar-refractivity contribution is -0.126. The molecule has 0 atom stereocenters. The number of ketones is 1. The molecule has 0 spiro atoms. The van der Waals surface area contributed by atoms with E-state index in [1.165, 1.54) is 18.6 Å². The molecular weight excluding hydrogens is 338 g/mol. The van der Waals surface area contributed by atoms with Crippen LogP contribution in [0.2, 0.25) is 0 Å². The van der Waals surface area contributed by atoms with Crippen LogP contribution in [-0.4, -0.2) is 29.7 Å². The van der Waals surface area contributed by atoms with Crippen LogP contribution in [0.3, 0.4) is 0 Å². The number of hydrogen-bond donors (Lipinski definition) is 1. The molecule has 0 aliphatic carbocycles. The molecule has 1 amide bonds. The van der Waals surface area contributed by atoms with Gasteiger partial charge in [-0.1, -0.05) is 63.1 Å². The summed E-state index contributed by atoms with van der Waals surface area (Å²) >= 11 is 0. The fourth-order valence-electron chi connectivity index (χ4n) is 2.05. The number of Topliss-reactive ketones (excluding diaryl/α,β-unsaturated/α-hetero) is 1. The van der Waals surface area contributed by atoms with Gasteiger partial charge in [0.15, 0.2) is 0 Å². The Morgan fingerprint density at radius 3 is 2.00 bits per heavy atom. The van der Waals surface area contributed by atoms with E-state index in [0.717, 1.165) is 25.1 Å². The maximum Gasteiger partial charge on any atom is 0.220 e. The van der Waals surface area contributed by atoms with Gasteiger partial charge in [-0.05, 0) is 31.1 Å². The van der Waals surface area contributed by atoms with Crippen molar-refractivity contribution in [1.82, 2.24) is 5.32 Å². The lowest BCUT2D eigenvalue weighted by Crippen LogP contribution is -2.25. The highest BCUT2D eigenvalue weighted by Crippen LogP contribution is 2.26. The van der Waals surface area contributed by atoms with Crippen LogP contribution in [0.4, 0.5) is 0 Å². The molecule has 0 saturated heterocycles. The van der Waals surface area contributed by atoms with Crippen molar-refractivity contribution in [2.75, 3.05) is 18.1 Å². The molecule has 0 aliphatic rings. The van der Waals surface area contributed by atoms with Gasteiger partial charge < -0.3 is 5.32 Å². The summed E-state index contributed by atoms with van der Waals surface area (Å²) in [7, 11) is 3.74. The summed E-state index contributed by atoms with van der Waals surface area (Å²) in [6, 6.07) is 0. The lowest BCUT2D eigenvalue weighted by Gasteiger charge is -2.17. The van der Waals surface area contributed by atoms with Crippen LogP contribution in [-0.2, 0) is 9.59 Å². The van der Waals surface area contributed by atoms with Crippen molar-refractivity contribution < 1.29 is 9.59 Å². The molecule has 0 fully saturated rings. The second kappa shape index (κ2) is 12.2. The van der Waals surface area contributed by atoms with E-state index in [1.54, 1.807) is 0 Å². The molecule has 1 N–H and O–H groups in total. The van der Waals surface area contributed by atoms with E-state index in [4.69, 9.17) is 0 Å². The summed E-state index contributed by atoms with van der Waals surface area (Å²) in [5, 5.41) is 2.96. The molecule has 0 heterocycles. The van der Waals surface area contributed by atoms with E-state index in [1.807, 2.05) is 42.4 Å². The number of rotatable bonds is 12. The Balaban J connectivity index is 3.43. The summed E-state index contributed by atoms with van der Waals surface area (Å²) in [6.45, 7) is 13.4. The van der Waals surface area contributed by atoms with Gasteiger partial charge in [-0.2, -0.15) is 0 Å². The molecule has 0 bridgehead atoms. The van der Waals surface area contributed by atoms with Crippen molar-refractivity contribution in [2.24, 2.45) is 10.8 Å². The summed E-state index contributed by atoms with van der Waals surface area (Å²) < 4.78 is 0. The maximum atomic E-state index is 11.8. The zero-order valence-electron chi connectivity index (χ0n) is 16.5. The van der Waals surface area contributed by atoms with Crippen LogP contribution in [0, 0.1) is 10.8 Å². The zero-order chi connectivity index (χ0) is 18.6. The van der Waals surface area contributed by atoms with Gasteiger partial charge in [-0.15, -0.1) is 0 Å². The number of unbranched alkanes of at least 4 members (excludes halogenated alkanes) is 1. The van der Waals surface area contributed by atoms with Gasteiger partial charge in [-0.3, -0.25) is 9.59 Å². The normalized spacial score (nSPS) is 12.2. The SMILES string of the molecule is CC(C)(C)CCCSSCCNC(=O)CCCCC(=O)C(C)(C)C. The molecule has 0 aromatic heterocycles. The lowest BCUT2D eigenvalue weighted by atomic mass is 9.88. The third kappa shape index (κ3) is 15.4. The first-order valence-corrected chi connectivity index (χ1v) is 11.6. The van der Waals surface area contributed by atoms with Crippen LogP contribution < -0.4 is 5.32 Å². The summed E-state index contributed by atoms with van der Waals surface area (Å²) in [5.41, 5.74) is 0.167. The van der Waals surface area contributed by atoms with Crippen molar-refractivity contribution in [1.29, 1.82) is 0 Å². The fourth-order valence-corrected chi connectivity index (χ4v) is 4.04. The predicted molar refractivity (Wildman–Crippen MR) is 110 cm³/mol. The van der Waals surface area contributed by atoms with Crippen LogP contribution in [0.1, 0.15) is 80.1 Å². The average molecular weight is 376 g/mol. The molecule has 0 aromatic rings. The van der Waals surface area contributed by atoms with Crippen molar-refractivity contribution >= 4 is 33.3 Å². The molecule has 0 radical (unpaired) electrons. The topological polar surface area (TPSA) is 46.2 Å². The molecule has 0 rings (SSSR count). The minimum absolute atomic E-state index is 0.108. The van der Waals surface area contributed by atoms with Gasteiger partial charge in [0.2, 0.25) is 5.91 Å². The monoisotopic (exact) mass is 375 g/mol. The second-order valence-electron chi connectivity index (χ2n) is 8.54. The Morgan fingerprint density at radius 2 is 1.42 bits per heavy atom. The first-order valence-electron chi connectivity index (χ1n) is 9.07. The fraction of sp³-hybridized carbons (Fsp3) is 0.895. The molecular formula is C19H37NO2S2. The van der Waals surface area contributed by atoms with Gasteiger partial charge in [-0.25, -0.2) is 0 Å². The standard InChI is InChI=1S/C19H37NO2S2/c1-18(2,3)12-9-14-23-24-15-13-20-17(22)11-8-7-10-16(21)19(4,5)6/h7-15H2,1-6H3,(H,20,22). The number of carbonyl (C=O) groups excluding carboxylic acids is 2. The third-order valence-electron chi connectivity index (χ3n) is 3.64. The van der Waals surface area contributed by atoms with Gasteiger partial charge >= 0.3 is 0 Å². The van der Waals surface area contributed by atoms with Gasteiger partial charge in [0.1, 0.15) is 5.78 Å². The van der Waals surface area contributed by atoms with Crippen molar-refractivity contribution in [3.63, 3.8) is 0 Å². The Hall–Kier alpha value is -0.160. The summed E-state index contributed by atoms with van der Waals surface area (Å²) in [5.74, 6) is 2.52. The first kappa shape index (κ1) is 23.8. The number of carbonyl (C=O) groups is 2. The molecule has 142 valence electrons. The van der Waals surface area contributed by atoms with E-state index in [9.17, 15) is 9.59 Å². The molecule has 0 aromatic carbocycles. The molecule has 5 heteroatoms. The van der Waals surface area contributed by atoms with Crippen molar-refractivity contribution in [2.45, 2.75) is 80.1 Å². The third-order valence-corrected chi connectivity index (χ3v) is 6.13. The highest BCUT2D eigenvalue weighted by molar-refractivity contribution is 8.76. The highest BCUT2D eigenvalue weighted by atomic mass is 33.1. The minimum Gasteiger partial charge on any atom is -0.355 e. The van der Waals surface area contributed by atoms with Gasteiger partial charge in [0.25, 0.3) is 0 Å². The Bertz CT molecular complexity index is 371. The molecule has 24 heavy (non-hydrogen) atoms. The summed E-state index contributed by atoms with van der Waals surface area (Å²) in [4.78, 5) is 23.5. The van der Waals surface area contributed by atoms with Crippen LogP contribution in [0.15, 0.2) is 0 Å². The van der Waals surface area contributed by atoms with Crippen molar-refractivity contribution in [3.05, 3.63) is 0 Å². The Kier molecular flexibility index (Phi) is 12.2. The second-order valence-corrected chi connectivity index (χ2v) is 11.2. The number of amides is 1. The van der Waals surface area contributed by atoms with E-state index in [2.05, 4.69) is 26.1 Å². The average Bonchev–Trinajstić information content (AvgIpc) is 2.44. The first-order chi connectivity index (χ1) is 11.0. The van der Waals surface area contributed by atoms with Crippen molar-refractivity contribution in [3.8, 4) is 0 Å². The largest absolute Gasteiger partial charge is 0.355 e. The van der Waals surface area contributed by atoms with Gasteiger partial charge in [0.05, 0.1) is 0 Å². The molecule has 0 aliphatic heterocycles. The van der Waals surface area contributed by atoms with E-state index in [-0.39, 0.29) is 17.1 Å². The van der Waals surface area contributed by atoms with Crippen LogP contribution >= 0.6 is 21.6 Å². The van der Waals surface area contributed by atoms with E-state index < -0.39 is 0 Å². The quantitative estimate of drug-likeness (QED) is 0.362. The smallest absolute Gasteiger partial charge is 0.220 e. The van der Waals surface area contributed by atoms with Crippen LogP contribution in [0.25, 0.3) is 0 Å². The van der Waals surface area contributed by atoms with E-state index >= 15 is 0 Å². The summed E-state index contributed by atoms with van der Waals surface area (Å²) in [6.07, 6.45) is 5.22. The highest BCUT2D eigenvalue weighted by Gasteiger charge is 2.20.